The first-order valence-corrected chi connectivity index (χ1v) is 8.92. The van der Waals surface area contributed by atoms with Gasteiger partial charge >= 0.3 is 6.03 Å². The molecule has 3 atom stereocenters. The van der Waals surface area contributed by atoms with Gasteiger partial charge in [-0.2, -0.15) is 0 Å². The number of likely N-dealkylation sites (tertiary alicyclic amines) is 1. The number of aliphatic hydroxyl groups excluding tert-OH is 1. The number of nitrogens with one attached hydrogen (secondary N) is 1. The Bertz CT molecular complexity index is 401. The molecule has 1 spiro atoms. The summed E-state index contributed by atoms with van der Waals surface area (Å²) in [7, 11) is 0. The zero-order valence-corrected chi connectivity index (χ0v) is 13.9. The molecular weight excluding hydrogens is 280 g/mol. The fraction of sp³-hybridized carbons (Fsp3) is 0.941. The summed E-state index contributed by atoms with van der Waals surface area (Å²) in [4.78, 5) is 14.4. The van der Waals surface area contributed by atoms with E-state index >= 15 is 0 Å². The van der Waals surface area contributed by atoms with E-state index < -0.39 is 0 Å². The van der Waals surface area contributed by atoms with Gasteiger partial charge in [0.15, 0.2) is 0 Å². The number of aliphatic hydroxyl groups is 1. The van der Waals surface area contributed by atoms with E-state index in [-0.39, 0.29) is 17.6 Å². The van der Waals surface area contributed by atoms with Crippen LogP contribution in [0.15, 0.2) is 0 Å². The van der Waals surface area contributed by atoms with E-state index in [9.17, 15) is 9.90 Å². The van der Waals surface area contributed by atoms with Crippen molar-refractivity contribution in [2.45, 2.75) is 70.6 Å². The third-order valence-corrected chi connectivity index (χ3v) is 6.24. The van der Waals surface area contributed by atoms with Gasteiger partial charge in [-0.25, -0.2) is 4.79 Å². The van der Waals surface area contributed by atoms with Gasteiger partial charge in [0.1, 0.15) is 0 Å². The summed E-state index contributed by atoms with van der Waals surface area (Å²) < 4.78 is 5.84. The van der Waals surface area contributed by atoms with Gasteiger partial charge < -0.3 is 20.1 Å². The molecule has 0 aromatic heterocycles. The Kier molecular flexibility index (Phi) is 4.64. The van der Waals surface area contributed by atoms with Crippen LogP contribution in [-0.2, 0) is 4.74 Å². The van der Waals surface area contributed by atoms with E-state index in [0.717, 1.165) is 39.0 Å². The molecular formula is C17H30N2O3. The number of piperidine rings is 1. The molecule has 3 unspecified atom stereocenters. The molecule has 2 aliphatic carbocycles. The maximum Gasteiger partial charge on any atom is 0.317 e. The highest BCUT2D eigenvalue weighted by atomic mass is 16.5. The normalized spacial score (nSPS) is 32.2. The molecule has 3 aliphatic rings. The predicted molar refractivity (Wildman–Crippen MR) is 84.6 cm³/mol. The highest BCUT2D eigenvalue weighted by molar-refractivity contribution is 5.75. The fourth-order valence-corrected chi connectivity index (χ4v) is 4.47. The largest absolute Gasteiger partial charge is 0.393 e. The first-order valence-electron chi connectivity index (χ1n) is 8.92. The van der Waals surface area contributed by atoms with Crippen LogP contribution >= 0.6 is 0 Å². The van der Waals surface area contributed by atoms with E-state index in [4.69, 9.17) is 4.74 Å². The molecule has 2 saturated carbocycles. The van der Waals surface area contributed by atoms with Crippen LogP contribution in [0.5, 0.6) is 0 Å². The molecule has 0 radical (unpaired) electrons. The summed E-state index contributed by atoms with van der Waals surface area (Å²) in [6.45, 7) is 6.18. The van der Waals surface area contributed by atoms with Crippen LogP contribution in [0.2, 0.25) is 0 Å². The van der Waals surface area contributed by atoms with Crippen LogP contribution in [-0.4, -0.2) is 54.0 Å². The number of carbonyl (C=O) groups is 1. The van der Waals surface area contributed by atoms with Gasteiger partial charge in [-0.05, 0) is 51.9 Å². The lowest BCUT2D eigenvalue weighted by molar-refractivity contribution is -0.170. The molecule has 0 bridgehead atoms. The van der Waals surface area contributed by atoms with Crippen LogP contribution in [0.1, 0.15) is 52.4 Å². The second-order valence-electron chi connectivity index (χ2n) is 7.33. The topological polar surface area (TPSA) is 61.8 Å². The van der Waals surface area contributed by atoms with Crippen molar-refractivity contribution in [1.82, 2.24) is 10.2 Å². The fourth-order valence-electron chi connectivity index (χ4n) is 4.47. The zero-order chi connectivity index (χ0) is 15.7. The lowest BCUT2D eigenvalue weighted by atomic mass is 9.51. The van der Waals surface area contributed by atoms with E-state index in [1.807, 2.05) is 18.7 Å². The molecule has 126 valence electrons. The summed E-state index contributed by atoms with van der Waals surface area (Å²) in [5, 5.41) is 12.9. The SMILES string of the molecule is CCOC1CC(NC(=O)N2CCC(C(C)O)CC2)C12CCC2. The minimum Gasteiger partial charge on any atom is -0.393 e. The summed E-state index contributed by atoms with van der Waals surface area (Å²) >= 11 is 0. The van der Waals surface area contributed by atoms with Gasteiger partial charge in [0, 0.05) is 31.2 Å². The second kappa shape index (κ2) is 6.36. The first-order chi connectivity index (χ1) is 10.6. The molecule has 2 amide bonds. The number of nitrogens with zero attached hydrogens (tertiary/aromatic N) is 1. The highest BCUT2D eigenvalue weighted by Crippen LogP contribution is 2.57. The molecule has 1 aliphatic heterocycles. The van der Waals surface area contributed by atoms with Crippen LogP contribution < -0.4 is 5.32 Å². The lowest BCUT2D eigenvalue weighted by Crippen LogP contribution is -2.68. The van der Waals surface area contributed by atoms with E-state index in [0.29, 0.717) is 18.1 Å². The van der Waals surface area contributed by atoms with E-state index in [1.54, 1.807) is 0 Å². The number of urea groups is 1. The monoisotopic (exact) mass is 310 g/mol. The van der Waals surface area contributed by atoms with Crippen LogP contribution in [0.4, 0.5) is 4.79 Å². The van der Waals surface area contributed by atoms with Crippen molar-refractivity contribution in [3.05, 3.63) is 0 Å². The minimum atomic E-state index is -0.262. The molecule has 0 aromatic carbocycles. The van der Waals surface area contributed by atoms with E-state index in [2.05, 4.69) is 5.32 Å². The number of amides is 2. The Balaban J connectivity index is 1.49. The van der Waals surface area contributed by atoms with Gasteiger partial charge in [0.2, 0.25) is 0 Å². The highest BCUT2D eigenvalue weighted by Gasteiger charge is 2.59. The predicted octanol–water partition coefficient (Wildman–Crippen LogP) is 2.14. The van der Waals surface area contributed by atoms with Gasteiger partial charge in [0.05, 0.1) is 12.2 Å². The number of hydrogen-bond acceptors (Lipinski definition) is 3. The van der Waals surface area contributed by atoms with Gasteiger partial charge in [-0.15, -0.1) is 0 Å². The van der Waals surface area contributed by atoms with Crippen LogP contribution in [0, 0.1) is 11.3 Å². The Morgan fingerprint density at radius 3 is 2.59 bits per heavy atom. The number of rotatable bonds is 4. The molecule has 2 N–H and O–H groups in total. The second-order valence-corrected chi connectivity index (χ2v) is 7.33. The molecule has 22 heavy (non-hydrogen) atoms. The van der Waals surface area contributed by atoms with Crippen molar-refractivity contribution >= 4 is 6.03 Å². The average molecular weight is 310 g/mol. The molecule has 3 rings (SSSR count). The van der Waals surface area contributed by atoms with Crippen molar-refractivity contribution in [1.29, 1.82) is 0 Å². The van der Waals surface area contributed by atoms with Crippen molar-refractivity contribution in [2.24, 2.45) is 11.3 Å². The maximum atomic E-state index is 12.5. The average Bonchev–Trinajstić information content (AvgIpc) is 2.44. The van der Waals surface area contributed by atoms with Crippen LogP contribution in [0.25, 0.3) is 0 Å². The Labute approximate surface area is 133 Å². The first kappa shape index (κ1) is 16.1. The summed E-state index contributed by atoms with van der Waals surface area (Å²) in [5.74, 6) is 0.341. The third kappa shape index (κ3) is 2.73. The quantitative estimate of drug-likeness (QED) is 0.836. The van der Waals surface area contributed by atoms with Gasteiger partial charge in [0.25, 0.3) is 0 Å². The number of carbonyl (C=O) groups excluding carboxylic acids is 1. The van der Waals surface area contributed by atoms with Gasteiger partial charge in [-0.3, -0.25) is 0 Å². The Hall–Kier alpha value is -0.810. The molecule has 5 nitrogen and oxygen atoms in total. The van der Waals surface area contributed by atoms with Crippen molar-refractivity contribution in [3.8, 4) is 0 Å². The third-order valence-electron chi connectivity index (χ3n) is 6.24. The molecule has 1 heterocycles. The standard InChI is InChI=1S/C17H30N2O3/c1-3-22-15-11-14(17(15)7-4-8-17)18-16(21)19-9-5-13(6-10-19)12(2)20/h12-15,20H,3-11H2,1-2H3,(H,18,21). The summed E-state index contributed by atoms with van der Waals surface area (Å²) in [6, 6.07) is 0.370. The van der Waals surface area contributed by atoms with Gasteiger partial charge in [-0.1, -0.05) is 6.42 Å². The maximum absolute atomic E-state index is 12.5. The summed E-state index contributed by atoms with van der Waals surface area (Å²) in [5.41, 5.74) is 0.226. The Morgan fingerprint density at radius 1 is 1.41 bits per heavy atom. The van der Waals surface area contributed by atoms with Crippen molar-refractivity contribution in [3.63, 3.8) is 0 Å². The molecule has 3 fully saturated rings. The number of ether oxygens (including phenoxy) is 1. The van der Waals surface area contributed by atoms with Crippen molar-refractivity contribution < 1.29 is 14.6 Å². The number of hydrogen-bond donors (Lipinski definition) is 2. The molecule has 5 heteroatoms. The molecule has 1 saturated heterocycles. The van der Waals surface area contributed by atoms with E-state index in [1.165, 1.54) is 19.3 Å². The smallest absolute Gasteiger partial charge is 0.317 e. The molecule has 0 aromatic rings. The lowest BCUT2D eigenvalue weighted by Gasteiger charge is -2.61. The zero-order valence-electron chi connectivity index (χ0n) is 13.9. The van der Waals surface area contributed by atoms with Crippen molar-refractivity contribution in [2.75, 3.05) is 19.7 Å². The van der Waals surface area contributed by atoms with Crippen LogP contribution in [0.3, 0.4) is 0 Å². The summed E-state index contributed by atoms with van der Waals surface area (Å²) in [6.07, 6.45) is 6.49. The minimum absolute atomic E-state index is 0.0790. The Morgan fingerprint density at radius 2 is 2.09 bits per heavy atom.